The molecular weight excluding hydrogens is 312 g/mol. The summed E-state index contributed by atoms with van der Waals surface area (Å²) in [4.78, 5) is 11.9. The monoisotopic (exact) mass is 318 g/mol. The van der Waals surface area contributed by atoms with Crippen LogP contribution in [0, 0.1) is 0 Å². The number of ether oxygens (including phenoxy) is 1. The number of fused-ring (bicyclic) bond motifs is 1. The second kappa shape index (κ2) is 3.66. The quantitative estimate of drug-likeness (QED) is 0.586. The summed E-state index contributed by atoms with van der Waals surface area (Å²) in [5, 5.41) is 0. The highest BCUT2D eigenvalue weighted by Crippen LogP contribution is 2.55. The van der Waals surface area contributed by atoms with Crippen LogP contribution in [-0.2, 0) is 4.74 Å². The van der Waals surface area contributed by atoms with Crippen molar-refractivity contribution in [1.82, 2.24) is 0 Å². The second-order valence-electron chi connectivity index (χ2n) is 3.10. The fourth-order valence-corrected chi connectivity index (χ4v) is 3.09. The van der Waals surface area contributed by atoms with Crippen molar-refractivity contribution in [3.63, 3.8) is 0 Å². The summed E-state index contributed by atoms with van der Waals surface area (Å²) in [7, 11) is 1.40. The summed E-state index contributed by atoms with van der Waals surface area (Å²) in [6.07, 6.45) is 0. The third kappa shape index (κ3) is 1.32. The lowest BCUT2D eigenvalue weighted by Gasteiger charge is -2.33. The van der Waals surface area contributed by atoms with Gasteiger partial charge in [0.2, 0.25) is 0 Å². The van der Waals surface area contributed by atoms with E-state index in [1.54, 1.807) is 6.07 Å². The summed E-state index contributed by atoms with van der Waals surface area (Å²) >= 11 is 7.05. The van der Waals surface area contributed by atoms with Gasteiger partial charge in [-0.05, 0) is 17.2 Å². The number of methoxy groups -OCH3 is 1. The average Bonchev–Trinajstić information content (AvgIpc) is 2.25. The molecule has 0 spiro atoms. The Hall–Kier alpha value is -0.350. The Kier molecular flexibility index (Phi) is 2.66. The van der Waals surface area contributed by atoms with E-state index in [1.165, 1.54) is 7.11 Å². The van der Waals surface area contributed by atoms with Crippen LogP contribution in [0.15, 0.2) is 18.2 Å². The predicted octanol–water partition coefficient (Wildman–Crippen LogP) is 3.36. The Morgan fingerprint density at radius 2 is 2.07 bits per heavy atom. The lowest BCUT2D eigenvalue weighted by Crippen LogP contribution is -2.20. The molecule has 0 aliphatic heterocycles. The van der Waals surface area contributed by atoms with Gasteiger partial charge in [0.1, 0.15) is 0 Å². The molecule has 0 saturated heterocycles. The van der Waals surface area contributed by atoms with Gasteiger partial charge >= 0.3 is 5.97 Å². The molecule has 14 heavy (non-hydrogen) atoms. The number of rotatable bonds is 1. The first-order valence-corrected chi connectivity index (χ1v) is 5.99. The van der Waals surface area contributed by atoms with Gasteiger partial charge in [0.15, 0.2) is 0 Å². The smallest absolute Gasteiger partial charge is 0.338 e. The Morgan fingerprint density at radius 1 is 1.36 bits per heavy atom. The zero-order valence-electron chi connectivity index (χ0n) is 7.46. The van der Waals surface area contributed by atoms with Crippen LogP contribution in [-0.4, -0.2) is 13.1 Å². The lowest BCUT2D eigenvalue weighted by molar-refractivity contribution is 0.0598. The number of halogens is 2. The molecule has 2 atom stereocenters. The van der Waals surface area contributed by atoms with E-state index >= 15 is 0 Å². The van der Waals surface area contributed by atoms with Crippen molar-refractivity contribution in [2.24, 2.45) is 0 Å². The summed E-state index contributed by atoms with van der Waals surface area (Å²) in [6.45, 7) is 0. The molecule has 0 unspecified atom stereocenters. The molecule has 2 nitrogen and oxygen atoms in total. The van der Waals surface area contributed by atoms with Crippen LogP contribution in [0.2, 0.25) is 0 Å². The van der Waals surface area contributed by atoms with Crippen LogP contribution in [0.1, 0.15) is 31.1 Å². The molecule has 1 aromatic carbocycles. The van der Waals surface area contributed by atoms with Crippen LogP contribution in [0.25, 0.3) is 0 Å². The molecule has 0 heterocycles. The highest BCUT2D eigenvalue weighted by molar-refractivity contribution is 9.12. The molecule has 74 valence electrons. The number of benzene rings is 1. The van der Waals surface area contributed by atoms with Gasteiger partial charge in [-0.25, -0.2) is 4.79 Å². The Bertz CT molecular complexity index is 390. The minimum atomic E-state index is -0.272. The Balaban J connectivity index is 2.49. The lowest BCUT2D eigenvalue weighted by atomic mass is 9.84. The maximum Gasteiger partial charge on any atom is 0.338 e. The van der Waals surface area contributed by atoms with E-state index in [0.717, 1.165) is 11.1 Å². The van der Waals surface area contributed by atoms with Gasteiger partial charge in [0.25, 0.3) is 0 Å². The molecule has 0 radical (unpaired) electrons. The van der Waals surface area contributed by atoms with E-state index in [-0.39, 0.29) is 10.8 Å². The van der Waals surface area contributed by atoms with Gasteiger partial charge in [0, 0.05) is 0 Å². The van der Waals surface area contributed by atoms with Gasteiger partial charge < -0.3 is 4.74 Å². The molecule has 1 aliphatic rings. The van der Waals surface area contributed by atoms with Crippen LogP contribution < -0.4 is 0 Å². The molecule has 2 rings (SSSR count). The van der Waals surface area contributed by atoms with Crippen molar-refractivity contribution < 1.29 is 9.53 Å². The standard InChI is InChI=1S/C10H8Br2O2/c1-14-10(13)6-4-2-3-5-7(6)9(12)8(5)11/h2-4,8-9H,1H3/t8-,9-/m1/s1. The fraction of sp³-hybridized carbons (Fsp3) is 0.300. The van der Waals surface area contributed by atoms with Gasteiger partial charge in [0.05, 0.1) is 22.3 Å². The molecule has 0 N–H and O–H groups in total. The summed E-state index contributed by atoms with van der Waals surface area (Å²) < 4.78 is 4.71. The van der Waals surface area contributed by atoms with Crippen molar-refractivity contribution in [2.75, 3.05) is 7.11 Å². The third-order valence-electron chi connectivity index (χ3n) is 2.37. The number of hydrogen-bond donors (Lipinski definition) is 0. The van der Waals surface area contributed by atoms with Crippen molar-refractivity contribution >= 4 is 37.8 Å². The third-order valence-corrected chi connectivity index (χ3v) is 5.09. The minimum absolute atomic E-state index is 0.202. The Labute approximate surface area is 98.9 Å². The zero-order valence-corrected chi connectivity index (χ0v) is 10.6. The molecule has 1 aliphatic carbocycles. The van der Waals surface area contributed by atoms with E-state index < -0.39 is 0 Å². The predicted molar refractivity (Wildman–Crippen MR) is 61.1 cm³/mol. The van der Waals surface area contributed by atoms with Gasteiger partial charge in [-0.15, -0.1) is 0 Å². The van der Waals surface area contributed by atoms with Crippen molar-refractivity contribution in [3.8, 4) is 0 Å². The van der Waals surface area contributed by atoms with E-state index in [0.29, 0.717) is 10.4 Å². The Morgan fingerprint density at radius 3 is 2.71 bits per heavy atom. The van der Waals surface area contributed by atoms with Crippen molar-refractivity contribution in [3.05, 3.63) is 34.9 Å². The van der Waals surface area contributed by atoms with E-state index in [4.69, 9.17) is 4.74 Å². The maximum atomic E-state index is 11.4. The highest BCUT2D eigenvalue weighted by atomic mass is 79.9. The molecule has 0 bridgehead atoms. The van der Waals surface area contributed by atoms with Crippen LogP contribution >= 0.6 is 31.9 Å². The van der Waals surface area contributed by atoms with Gasteiger partial charge in [-0.2, -0.15) is 0 Å². The zero-order chi connectivity index (χ0) is 10.3. The molecular formula is C10H8Br2O2. The van der Waals surface area contributed by atoms with Crippen LogP contribution in [0.3, 0.4) is 0 Å². The summed E-state index contributed by atoms with van der Waals surface area (Å²) in [5.74, 6) is -0.272. The first-order chi connectivity index (χ1) is 6.66. The second-order valence-corrected chi connectivity index (χ2v) is 5.08. The summed E-state index contributed by atoms with van der Waals surface area (Å²) in [5.41, 5.74) is 2.86. The van der Waals surface area contributed by atoms with E-state index in [9.17, 15) is 4.79 Å². The van der Waals surface area contributed by atoms with Gasteiger partial charge in [-0.3, -0.25) is 0 Å². The van der Waals surface area contributed by atoms with E-state index in [1.807, 2.05) is 12.1 Å². The molecule has 0 amide bonds. The van der Waals surface area contributed by atoms with Crippen molar-refractivity contribution in [1.29, 1.82) is 0 Å². The molecule has 4 heteroatoms. The topological polar surface area (TPSA) is 26.3 Å². The molecule has 0 aromatic heterocycles. The minimum Gasteiger partial charge on any atom is -0.465 e. The number of carbonyl (C=O) groups is 1. The number of hydrogen-bond acceptors (Lipinski definition) is 2. The fourth-order valence-electron chi connectivity index (χ4n) is 1.63. The largest absolute Gasteiger partial charge is 0.465 e. The summed E-state index contributed by atoms with van der Waals surface area (Å²) in [6, 6.07) is 5.68. The molecule has 1 aromatic rings. The first-order valence-electron chi connectivity index (χ1n) is 4.16. The van der Waals surface area contributed by atoms with Gasteiger partial charge in [-0.1, -0.05) is 44.0 Å². The average molecular weight is 320 g/mol. The number of alkyl halides is 2. The van der Waals surface area contributed by atoms with E-state index in [2.05, 4.69) is 31.9 Å². The first kappa shape index (κ1) is 10.2. The molecule has 0 fully saturated rings. The molecule has 0 saturated carbocycles. The van der Waals surface area contributed by atoms with Crippen molar-refractivity contribution in [2.45, 2.75) is 9.65 Å². The number of carbonyl (C=O) groups excluding carboxylic acids is 1. The SMILES string of the molecule is COC(=O)c1cccc2c1[C@@H](Br)[C@@H]2Br. The normalized spacial score (nSPS) is 23.6. The number of esters is 1. The highest BCUT2D eigenvalue weighted by Gasteiger charge is 2.37. The van der Waals surface area contributed by atoms with Crippen LogP contribution in [0.4, 0.5) is 0 Å². The van der Waals surface area contributed by atoms with Crippen LogP contribution in [0.5, 0.6) is 0 Å². The maximum absolute atomic E-state index is 11.4.